The summed E-state index contributed by atoms with van der Waals surface area (Å²) in [5.41, 5.74) is 2.66. The van der Waals surface area contributed by atoms with Gasteiger partial charge in [-0.05, 0) is 43.4 Å². The predicted molar refractivity (Wildman–Crippen MR) is 88.4 cm³/mol. The molecule has 4 rings (SSSR count). The van der Waals surface area contributed by atoms with Crippen molar-refractivity contribution in [2.45, 2.75) is 39.0 Å². The molecule has 126 valence electrons. The van der Waals surface area contributed by atoms with Crippen LogP contribution in [0.2, 0.25) is 0 Å². The van der Waals surface area contributed by atoms with Crippen LogP contribution >= 0.6 is 0 Å². The number of hydrogen-bond acceptors (Lipinski definition) is 4. The average molecular weight is 326 g/mol. The fraction of sp³-hybridized carbons (Fsp3) is 0.500. The van der Waals surface area contributed by atoms with Crippen LogP contribution in [-0.4, -0.2) is 44.8 Å². The van der Waals surface area contributed by atoms with Gasteiger partial charge < -0.3 is 9.64 Å². The molecule has 0 radical (unpaired) electrons. The third kappa shape index (κ3) is 3.33. The van der Waals surface area contributed by atoms with Crippen molar-refractivity contribution in [3.63, 3.8) is 0 Å². The lowest BCUT2D eigenvalue weighted by Crippen LogP contribution is -2.37. The van der Waals surface area contributed by atoms with Crippen molar-refractivity contribution in [3.05, 3.63) is 47.5 Å². The van der Waals surface area contributed by atoms with Crippen molar-refractivity contribution in [2.24, 2.45) is 5.92 Å². The topological polar surface area (TPSA) is 60.2 Å². The third-order valence-electron chi connectivity index (χ3n) is 4.63. The maximum atomic E-state index is 12.9. The molecule has 1 fully saturated rings. The molecule has 0 bridgehead atoms. The average Bonchev–Trinajstić information content (AvgIpc) is 3.34. The number of rotatable bonds is 4. The zero-order valence-electron chi connectivity index (χ0n) is 13.9. The highest BCUT2D eigenvalue weighted by Gasteiger charge is 2.29. The number of ether oxygens (including phenoxy) is 1. The maximum Gasteiger partial charge on any atom is 0.255 e. The van der Waals surface area contributed by atoms with Crippen molar-refractivity contribution in [1.82, 2.24) is 19.7 Å². The van der Waals surface area contributed by atoms with Crippen LogP contribution in [0.4, 0.5) is 0 Å². The number of pyridine rings is 1. The lowest BCUT2D eigenvalue weighted by atomic mass is 10.2. The summed E-state index contributed by atoms with van der Waals surface area (Å²) in [4.78, 5) is 18.9. The molecule has 0 spiro atoms. The summed E-state index contributed by atoms with van der Waals surface area (Å²) in [5, 5.41) is 4.38. The first-order valence-electron chi connectivity index (χ1n) is 8.52. The summed E-state index contributed by atoms with van der Waals surface area (Å²) in [7, 11) is 0. The number of carbonyl (C=O) groups is 1. The van der Waals surface area contributed by atoms with Crippen molar-refractivity contribution in [1.29, 1.82) is 0 Å². The van der Waals surface area contributed by atoms with Crippen LogP contribution in [-0.2, 0) is 17.8 Å². The number of hydrogen-bond donors (Lipinski definition) is 0. The SMILES string of the molecule is Cc1cncc(C(=O)N2Cc3ccnn3CC(OCC3CC3)C2)c1. The number of nitrogens with zero attached hydrogens (tertiary/aromatic N) is 4. The van der Waals surface area contributed by atoms with Gasteiger partial charge in [-0.15, -0.1) is 0 Å². The Bertz CT molecular complexity index is 738. The summed E-state index contributed by atoms with van der Waals surface area (Å²) < 4.78 is 8.04. The van der Waals surface area contributed by atoms with E-state index < -0.39 is 0 Å². The fourth-order valence-corrected chi connectivity index (χ4v) is 3.09. The zero-order chi connectivity index (χ0) is 16.5. The molecule has 2 aliphatic rings. The van der Waals surface area contributed by atoms with Crippen molar-refractivity contribution in [3.8, 4) is 0 Å². The van der Waals surface area contributed by atoms with Gasteiger partial charge in [0.2, 0.25) is 0 Å². The Kier molecular flexibility index (Phi) is 4.06. The molecule has 2 aromatic rings. The van der Waals surface area contributed by atoms with Crippen molar-refractivity contribution >= 4 is 5.91 Å². The second kappa shape index (κ2) is 6.36. The van der Waals surface area contributed by atoms with E-state index in [1.807, 2.05) is 28.6 Å². The van der Waals surface area contributed by atoms with Gasteiger partial charge in [0.1, 0.15) is 0 Å². The Labute approximate surface area is 141 Å². The summed E-state index contributed by atoms with van der Waals surface area (Å²) >= 11 is 0. The van der Waals surface area contributed by atoms with E-state index in [-0.39, 0.29) is 12.0 Å². The van der Waals surface area contributed by atoms with Gasteiger partial charge in [-0.2, -0.15) is 5.10 Å². The van der Waals surface area contributed by atoms with Crippen LogP contribution in [0.5, 0.6) is 0 Å². The van der Waals surface area contributed by atoms with E-state index in [1.165, 1.54) is 12.8 Å². The maximum absolute atomic E-state index is 12.9. The Balaban J connectivity index is 1.55. The van der Waals surface area contributed by atoms with Gasteiger partial charge in [0, 0.05) is 31.7 Å². The van der Waals surface area contributed by atoms with E-state index in [0.29, 0.717) is 31.1 Å². The first-order valence-corrected chi connectivity index (χ1v) is 8.52. The lowest BCUT2D eigenvalue weighted by Gasteiger charge is -2.24. The second-order valence-electron chi connectivity index (χ2n) is 6.84. The molecule has 0 N–H and O–H groups in total. The summed E-state index contributed by atoms with van der Waals surface area (Å²) in [6.07, 6.45) is 7.69. The molecule has 24 heavy (non-hydrogen) atoms. The van der Waals surface area contributed by atoms with Crippen molar-refractivity contribution in [2.75, 3.05) is 13.2 Å². The smallest absolute Gasteiger partial charge is 0.255 e. The normalized spacial score (nSPS) is 20.5. The Morgan fingerprint density at radius 1 is 1.33 bits per heavy atom. The molecule has 0 saturated heterocycles. The highest BCUT2D eigenvalue weighted by molar-refractivity contribution is 5.94. The number of amides is 1. The number of aryl methyl sites for hydroxylation is 1. The van der Waals surface area contributed by atoms with Gasteiger partial charge in [0.05, 0.1) is 30.5 Å². The molecule has 1 amide bonds. The number of fused-ring (bicyclic) bond motifs is 1. The Morgan fingerprint density at radius 3 is 3.00 bits per heavy atom. The monoisotopic (exact) mass is 326 g/mol. The van der Waals surface area contributed by atoms with Gasteiger partial charge in [0.15, 0.2) is 0 Å². The number of carbonyl (C=O) groups excluding carboxylic acids is 1. The minimum atomic E-state index is -0.0199. The van der Waals surface area contributed by atoms with Crippen LogP contribution in [0.15, 0.2) is 30.7 Å². The molecule has 6 heteroatoms. The first kappa shape index (κ1) is 15.3. The minimum Gasteiger partial charge on any atom is -0.374 e. The third-order valence-corrected chi connectivity index (χ3v) is 4.63. The predicted octanol–water partition coefficient (Wildman–Crippen LogP) is 2.04. The van der Waals surface area contributed by atoms with E-state index in [4.69, 9.17) is 4.74 Å². The van der Waals surface area contributed by atoms with E-state index in [9.17, 15) is 4.79 Å². The first-order chi connectivity index (χ1) is 11.7. The molecule has 1 aliphatic heterocycles. The molecular weight excluding hydrogens is 304 g/mol. The largest absolute Gasteiger partial charge is 0.374 e. The highest BCUT2D eigenvalue weighted by atomic mass is 16.5. The molecule has 6 nitrogen and oxygen atoms in total. The molecule has 0 aromatic carbocycles. The minimum absolute atomic E-state index is 0.000807. The summed E-state index contributed by atoms with van der Waals surface area (Å²) in [6.45, 7) is 4.57. The van der Waals surface area contributed by atoms with Crippen LogP contribution in [0, 0.1) is 12.8 Å². The zero-order valence-corrected chi connectivity index (χ0v) is 13.9. The van der Waals surface area contributed by atoms with Gasteiger partial charge in [-0.25, -0.2) is 0 Å². The van der Waals surface area contributed by atoms with Gasteiger partial charge in [-0.1, -0.05) is 0 Å². The Hall–Kier alpha value is -2.21. The quantitative estimate of drug-likeness (QED) is 0.863. The van der Waals surface area contributed by atoms with E-state index in [2.05, 4.69) is 10.1 Å². The van der Waals surface area contributed by atoms with Crippen LogP contribution in [0.25, 0.3) is 0 Å². The number of aromatic nitrogens is 3. The standard InChI is InChI=1S/C18H22N4O2/c1-13-6-15(8-19-7-13)18(23)21-9-16-4-5-20-22(16)11-17(10-21)24-12-14-2-3-14/h4-8,14,17H,2-3,9-12H2,1H3. The molecule has 2 aromatic heterocycles. The summed E-state index contributed by atoms with van der Waals surface area (Å²) in [5.74, 6) is 0.705. The molecule has 1 unspecified atom stereocenters. The summed E-state index contributed by atoms with van der Waals surface area (Å²) in [6, 6.07) is 3.86. The van der Waals surface area contributed by atoms with Gasteiger partial charge in [0.25, 0.3) is 5.91 Å². The molecular formula is C18H22N4O2. The van der Waals surface area contributed by atoms with E-state index >= 15 is 0 Å². The highest BCUT2D eigenvalue weighted by Crippen LogP contribution is 2.29. The second-order valence-corrected chi connectivity index (χ2v) is 6.84. The lowest BCUT2D eigenvalue weighted by molar-refractivity contribution is 0.0136. The van der Waals surface area contributed by atoms with Crippen molar-refractivity contribution < 1.29 is 9.53 Å². The van der Waals surface area contributed by atoms with Gasteiger partial charge >= 0.3 is 0 Å². The molecule has 3 heterocycles. The van der Waals surface area contributed by atoms with E-state index in [1.54, 1.807) is 18.6 Å². The molecule has 1 atom stereocenters. The molecule has 1 aliphatic carbocycles. The fourth-order valence-electron chi connectivity index (χ4n) is 3.09. The molecule has 1 saturated carbocycles. The van der Waals surface area contributed by atoms with Gasteiger partial charge in [-0.3, -0.25) is 14.5 Å². The Morgan fingerprint density at radius 2 is 2.21 bits per heavy atom. The van der Waals surface area contributed by atoms with Crippen LogP contribution < -0.4 is 0 Å². The van der Waals surface area contributed by atoms with E-state index in [0.717, 1.165) is 17.9 Å². The van der Waals surface area contributed by atoms with Crippen LogP contribution in [0.3, 0.4) is 0 Å². The van der Waals surface area contributed by atoms with Crippen LogP contribution in [0.1, 0.15) is 34.5 Å².